The zero-order chi connectivity index (χ0) is 18.9. The quantitative estimate of drug-likeness (QED) is 0.877. The summed E-state index contributed by atoms with van der Waals surface area (Å²) < 4.78 is 0. The molecule has 2 atom stereocenters. The van der Waals surface area contributed by atoms with Gasteiger partial charge in [-0.2, -0.15) is 5.06 Å². The number of hydroxylamine groups is 2. The highest BCUT2D eigenvalue weighted by Crippen LogP contribution is 2.40. The van der Waals surface area contributed by atoms with Crippen molar-refractivity contribution >= 4 is 5.91 Å². The highest BCUT2D eigenvalue weighted by molar-refractivity contribution is 5.83. The topological polar surface area (TPSA) is 53.0 Å². The van der Waals surface area contributed by atoms with Crippen LogP contribution in [0.2, 0.25) is 0 Å². The first kappa shape index (κ1) is 19.3. The lowest BCUT2D eigenvalue weighted by atomic mass is 9.82. The molecule has 1 N–H and O–H groups in total. The summed E-state index contributed by atoms with van der Waals surface area (Å²) in [7, 11) is 0. The van der Waals surface area contributed by atoms with Gasteiger partial charge < -0.3 is 10.0 Å². The zero-order valence-corrected chi connectivity index (χ0v) is 16.4. The van der Waals surface area contributed by atoms with Crippen LogP contribution in [0.25, 0.3) is 0 Å². The van der Waals surface area contributed by atoms with Crippen LogP contribution >= 0.6 is 0 Å². The van der Waals surface area contributed by atoms with E-state index < -0.39 is 6.10 Å². The minimum Gasteiger partial charge on any atom is -0.394 e. The molecule has 5 heteroatoms. The van der Waals surface area contributed by atoms with E-state index in [1.54, 1.807) is 4.90 Å². The van der Waals surface area contributed by atoms with Gasteiger partial charge in [-0.05, 0) is 52.5 Å². The number of hydrogen-bond donors (Lipinski definition) is 1. The Morgan fingerprint density at radius 3 is 2.31 bits per heavy atom. The normalized spacial score (nSPS) is 28.5. The average Bonchev–Trinajstić information content (AvgIpc) is 2.87. The standard InChI is InChI=1S/C21H32N2O3/c1-20(2)11-8-12-21(3,4)23(20)26-18-13-17(15-24)22(19(18)25)14-16-9-6-5-7-10-16/h5-7,9-10,17-18,24H,8,11-15H2,1-4H3/t17-,18+/m0/s1. The first-order chi connectivity index (χ1) is 12.2. The lowest BCUT2D eigenvalue weighted by Gasteiger charge is -2.51. The molecular formula is C21H32N2O3. The smallest absolute Gasteiger partial charge is 0.254 e. The number of aliphatic hydroxyl groups excluding tert-OH is 1. The SMILES string of the molecule is CC1(C)CCCC(C)(C)N1O[C@@H]1C[C@@H](CO)N(Cc2ccccc2)C1=O. The number of benzene rings is 1. The van der Waals surface area contributed by atoms with Crippen LogP contribution in [-0.4, -0.2) is 50.8 Å². The van der Waals surface area contributed by atoms with Crippen molar-refractivity contribution in [1.82, 2.24) is 9.96 Å². The molecule has 5 nitrogen and oxygen atoms in total. The summed E-state index contributed by atoms with van der Waals surface area (Å²) in [6.45, 7) is 9.19. The number of piperidine rings is 1. The van der Waals surface area contributed by atoms with Gasteiger partial charge in [-0.1, -0.05) is 30.3 Å². The molecule has 1 aromatic carbocycles. The van der Waals surface area contributed by atoms with Crippen LogP contribution < -0.4 is 0 Å². The molecule has 2 fully saturated rings. The van der Waals surface area contributed by atoms with Gasteiger partial charge in [0.15, 0.2) is 6.10 Å². The van der Waals surface area contributed by atoms with E-state index in [-0.39, 0.29) is 29.6 Å². The number of likely N-dealkylation sites (tertiary alicyclic amines) is 1. The van der Waals surface area contributed by atoms with Crippen LogP contribution in [0, 0.1) is 0 Å². The van der Waals surface area contributed by atoms with Gasteiger partial charge in [-0.25, -0.2) is 0 Å². The number of amides is 1. The monoisotopic (exact) mass is 360 g/mol. The second-order valence-corrected chi connectivity index (χ2v) is 8.89. The first-order valence-electron chi connectivity index (χ1n) is 9.67. The predicted molar refractivity (Wildman–Crippen MR) is 101 cm³/mol. The molecule has 0 unspecified atom stereocenters. The Bertz CT molecular complexity index is 613. The maximum absolute atomic E-state index is 13.0. The van der Waals surface area contributed by atoms with Gasteiger partial charge >= 0.3 is 0 Å². The second kappa shape index (κ2) is 7.29. The number of carbonyl (C=O) groups is 1. The Morgan fingerprint density at radius 1 is 1.12 bits per heavy atom. The Kier molecular flexibility index (Phi) is 5.42. The van der Waals surface area contributed by atoms with Gasteiger partial charge in [0.2, 0.25) is 0 Å². The zero-order valence-electron chi connectivity index (χ0n) is 16.4. The maximum Gasteiger partial charge on any atom is 0.254 e. The molecular weight excluding hydrogens is 328 g/mol. The van der Waals surface area contributed by atoms with Crippen LogP contribution in [0.15, 0.2) is 30.3 Å². The Labute approximate surface area is 156 Å². The minimum atomic E-state index is -0.521. The average molecular weight is 360 g/mol. The summed E-state index contributed by atoms with van der Waals surface area (Å²) in [5.74, 6) is -0.0231. The van der Waals surface area contributed by atoms with Crippen LogP contribution in [0.5, 0.6) is 0 Å². The molecule has 0 aromatic heterocycles. The fourth-order valence-corrected chi connectivity index (χ4v) is 4.48. The summed E-state index contributed by atoms with van der Waals surface area (Å²) >= 11 is 0. The van der Waals surface area contributed by atoms with E-state index in [1.807, 2.05) is 35.4 Å². The van der Waals surface area contributed by atoms with Gasteiger partial charge in [0.1, 0.15) is 0 Å². The van der Waals surface area contributed by atoms with Gasteiger partial charge in [0.25, 0.3) is 5.91 Å². The summed E-state index contributed by atoms with van der Waals surface area (Å²) in [5.41, 5.74) is 0.853. The summed E-state index contributed by atoms with van der Waals surface area (Å²) in [6.07, 6.45) is 3.28. The molecule has 0 saturated carbocycles. The lowest BCUT2D eigenvalue weighted by Crippen LogP contribution is -2.59. The highest BCUT2D eigenvalue weighted by Gasteiger charge is 2.48. The molecule has 2 aliphatic rings. The highest BCUT2D eigenvalue weighted by atomic mass is 16.7. The number of rotatable bonds is 5. The molecule has 1 aromatic rings. The van der Waals surface area contributed by atoms with Crippen molar-refractivity contribution in [2.75, 3.05) is 6.61 Å². The molecule has 0 radical (unpaired) electrons. The van der Waals surface area contributed by atoms with E-state index >= 15 is 0 Å². The maximum atomic E-state index is 13.0. The van der Waals surface area contributed by atoms with Crippen molar-refractivity contribution in [3.63, 3.8) is 0 Å². The molecule has 3 rings (SSSR count). The molecule has 1 amide bonds. The molecule has 144 valence electrons. The Morgan fingerprint density at radius 2 is 1.73 bits per heavy atom. The molecule has 26 heavy (non-hydrogen) atoms. The second-order valence-electron chi connectivity index (χ2n) is 8.89. The fourth-order valence-electron chi connectivity index (χ4n) is 4.48. The summed E-state index contributed by atoms with van der Waals surface area (Å²) in [6, 6.07) is 9.72. The van der Waals surface area contributed by atoms with Crippen LogP contribution in [0.1, 0.15) is 58.9 Å². The predicted octanol–water partition coefficient (Wildman–Crippen LogP) is 3.12. The van der Waals surface area contributed by atoms with E-state index in [1.165, 1.54) is 0 Å². The molecule has 0 aliphatic carbocycles. The van der Waals surface area contributed by atoms with Crippen LogP contribution in [0.4, 0.5) is 0 Å². The van der Waals surface area contributed by atoms with Gasteiger partial charge in [-0.15, -0.1) is 0 Å². The Balaban J connectivity index is 1.75. The summed E-state index contributed by atoms with van der Waals surface area (Å²) in [4.78, 5) is 21.1. The third kappa shape index (κ3) is 3.80. The van der Waals surface area contributed by atoms with E-state index in [4.69, 9.17) is 4.84 Å². The van der Waals surface area contributed by atoms with Crippen molar-refractivity contribution in [2.24, 2.45) is 0 Å². The van der Waals surface area contributed by atoms with Crippen molar-refractivity contribution < 1.29 is 14.7 Å². The summed E-state index contributed by atoms with van der Waals surface area (Å²) in [5, 5.41) is 11.8. The van der Waals surface area contributed by atoms with Crippen molar-refractivity contribution in [3.05, 3.63) is 35.9 Å². The van der Waals surface area contributed by atoms with Crippen LogP contribution in [-0.2, 0) is 16.2 Å². The van der Waals surface area contributed by atoms with E-state index in [9.17, 15) is 9.90 Å². The molecule has 2 aliphatic heterocycles. The molecule has 2 heterocycles. The van der Waals surface area contributed by atoms with Crippen molar-refractivity contribution in [3.8, 4) is 0 Å². The van der Waals surface area contributed by atoms with E-state index in [0.717, 1.165) is 24.8 Å². The Hall–Kier alpha value is -1.43. The largest absolute Gasteiger partial charge is 0.394 e. The van der Waals surface area contributed by atoms with Gasteiger partial charge in [0, 0.05) is 24.0 Å². The fraction of sp³-hybridized carbons (Fsp3) is 0.667. The third-order valence-electron chi connectivity index (χ3n) is 5.80. The van der Waals surface area contributed by atoms with Gasteiger partial charge in [-0.3, -0.25) is 9.63 Å². The first-order valence-corrected chi connectivity index (χ1v) is 9.67. The number of carbonyl (C=O) groups excluding carboxylic acids is 1. The van der Waals surface area contributed by atoms with E-state index in [2.05, 4.69) is 27.7 Å². The number of hydrogen-bond acceptors (Lipinski definition) is 4. The minimum absolute atomic E-state index is 0.0231. The molecule has 2 saturated heterocycles. The van der Waals surface area contributed by atoms with Crippen molar-refractivity contribution in [1.29, 1.82) is 0 Å². The van der Waals surface area contributed by atoms with Gasteiger partial charge in [0.05, 0.1) is 12.6 Å². The third-order valence-corrected chi connectivity index (χ3v) is 5.80. The van der Waals surface area contributed by atoms with Crippen LogP contribution in [0.3, 0.4) is 0 Å². The number of nitrogens with zero attached hydrogens (tertiary/aromatic N) is 2. The number of aliphatic hydroxyl groups is 1. The molecule has 0 spiro atoms. The van der Waals surface area contributed by atoms with E-state index in [0.29, 0.717) is 13.0 Å². The van der Waals surface area contributed by atoms with Crippen molar-refractivity contribution in [2.45, 2.75) is 83.1 Å². The molecule has 0 bridgehead atoms. The lowest BCUT2D eigenvalue weighted by molar-refractivity contribution is -0.297.